The van der Waals surface area contributed by atoms with Crippen LogP contribution >= 0.6 is 11.3 Å². The molecule has 4 nitrogen and oxygen atoms in total. The second-order valence-corrected chi connectivity index (χ2v) is 9.14. The molecular weight excluding hydrogens is 401 g/mol. The van der Waals surface area contributed by atoms with E-state index in [4.69, 9.17) is 8.83 Å². The van der Waals surface area contributed by atoms with Gasteiger partial charge in [0.1, 0.15) is 22.0 Å². The maximum atomic E-state index is 13.2. The van der Waals surface area contributed by atoms with Crippen LogP contribution in [-0.2, 0) is 5.41 Å². The van der Waals surface area contributed by atoms with Crippen molar-refractivity contribution in [2.45, 2.75) is 26.2 Å². The van der Waals surface area contributed by atoms with E-state index in [2.05, 4.69) is 25.8 Å². The van der Waals surface area contributed by atoms with Crippen LogP contribution in [0.25, 0.3) is 43.8 Å². The monoisotopic (exact) mass is 419 g/mol. The van der Waals surface area contributed by atoms with Crippen molar-refractivity contribution in [1.29, 1.82) is 0 Å². The number of thiazole rings is 1. The average Bonchev–Trinajstić information content (AvgIpc) is 3.33. The molecule has 0 saturated heterocycles. The molecule has 30 heavy (non-hydrogen) atoms. The third-order valence-corrected chi connectivity index (χ3v) is 6.00. The zero-order valence-electron chi connectivity index (χ0n) is 16.7. The summed E-state index contributed by atoms with van der Waals surface area (Å²) in [7, 11) is 0. The molecule has 0 atom stereocenters. The molecule has 0 aliphatic carbocycles. The van der Waals surface area contributed by atoms with E-state index in [9.17, 15) is 9.18 Å². The lowest BCUT2D eigenvalue weighted by atomic mass is 9.86. The quantitative estimate of drug-likeness (QED) is 0.296. The number of hydrogen-bond acceptors (Lipinski definition) is 5. The highest BCUT2D eigenvalue weighted by atomic mass is 32.1. The molecule has 0 amide bonds. The van der Waals surface area contributed by atoms with Crippen molar-refractivity contribution >= 4 is 33.3 Å². The third kappa shape index (κ3) is 3.13. The van der Waals surface area contributed by atoms with Gasteiger partial charge < -0.3 is 8.83 Å². The third-order valence-electron chi connectivity index (χ3n) is 5.11. The van der Waals surface area contributed by atoms with Gasteiger partial charge in [0.25, 0.3) is 0 Å². The van der Waals surface area contributed by atoms with Crippen molar-refractivity contribution in [2.75, 3.05) is 0 Å². The topological polar surface area (TPSA) is 56.2 Å². The SMILES string of the molecule is CC(C)(C)c1coc2cc3oc(=O)c(-c4csc(-c5ccc(F)cc5)n4)cc3cc12. The Morgan fingerprint density at radius 1 is 1.03 bits per heavy atom. The van der Waals surface area contributed by atoms with Crippen LogP contribution in [0.4, 0.5) is 4.39 Å². The van der Waals surface area contributed by atoms with Crippen molar-refractivity contribution < 1.29 is 13.2 Å². The van der Waals surface area contributed by atoms with E-state index in [1.807, 2.05) is 17.5 Å². The highest BCUT2D eigenvalue weighted by Crippen LogP contribution is 2.35. The predicted octanol–water partition coefficient (Wildman–Crippen LogP) is 6.77. The molecule has 2 aromatic carbocycles. The van der Waals surface area contributed by atoms with Crippen LogP contribution in [0.2, 0.25) is 0 Å². The van der Waals surface area contributed by atoms with E-state index in [1.165, 1.54) is 23.5 Å². The Hall–Kier alpha value is -3.25. The molecule has 5 aromatic rings. The van der Waals surface area contributed by atoms with Crippen LogP contribution in [0, 0.1) is 5.82 Å². The van der Waals surface area contributed by atoms with Gasteiger partial charge in [0.05, 0.1) is 17.5 Å². The second-order valence-electron chi connectivity index (χ2n) is 8.28. The van der Waals surface area contributed by atoms with Crippen LogP contribution in [0.5, 0.6) is 0 Å². The van der Waals surface area contributed by atoms with Gasteiger partial charge in [0.2, 0.25) is 0 Å². The fourth-order valence-electron chi connectivity index (χ4n) is 3.52. The Kier molecular flexibility index (Phi) is 4.15. The zero-order chi connectivity index (χ0) is 21.0. The van der Waals surface area contributed by atoms with Gasteiger partial charge in [-0.05, 0) is 41.8 Å². The average molecular weight is 419 g/mol. The molecule has 0 fully saturated rings. The van der Waals surface area contributed by atoms with Crippen LogP contribution in [0.1, 0.15) is 26.3 Å². The predicted molar refractivity (Wildman–Crippen MR) is 117 cm³/mol. The summed E-state index contributed by atoms with van der Waals surface area (Å²) in [6.45, 7) is 6.39. The minimum atomic E-state index is -0.458. The standard InChI is InChI=1S/C24H18FNO3S/c1-24(2,3)18-11-28-21-10-20-14(8-16(18)21)9-17(23(27)29-20)19-12-30-22(26-19)13-4-6-15(25)7-5-13/h4-12H,1-3H3. The largest absolute Gasteiger partial charge is 0.464 e. The van der Waals surface area contributed by atoms with E-state index in [1.54, 1.807) is 24.5 Å². The van der Waals surface area contributed by atoms with Crippen molar-refractivity contribution in [3.63, 3.8) is 0 Å². The molecule has 0 N–H and O–H groups in total. The van der Waals surface area contributed by atoms with Gasteiger partial charge in [-0.25, -0.2) is 14.2 Å². The molecular formula is C24H18FNO3S. The fraction of sp³-hybridized carbons (Fsp3) is 0.167. The lowest BCUT2D eigenvalue weighted by Crippen LogP contribution is -2.09. The van der Waals surface area contributed by atoms with Crippen molar-refractivity contribution in [3.8, 4) is 21.8 Å². The number of hydrogen-bond donors (Lipinski definition) is 0. The molecule has 0 aliphatic heterocycles. The number of halogens is 1. The van der Waals surface area contributed by atoms with Crippen LogP contribution in [0.3, 0.4) is 0 Å². The van der Waals surface area contributed by atoms with Crippen LogP contribution < -0.4 is 5.63 Å². The Morgan fingerprint density at radius 3 is 2.53 bits per heavy atom. The van der Waals surface area contributed by atoms with Crippen molar-refractivity contribution in [1.82, 2.24) is 4.98 Å². The molecule has 0 saturated carbocycles. The first-order valence-corrected chi connectivity index (χ1v) is 10.4. The number of nitrogens with zero attached hydrogens (tertiary/aromatic N) is 1. The Bertz CT molecular complexity index is 1450. The first-order chi connectivity index (χ1) is 14.3. The highest BCUT2D eigenvalue weighted by molar-refractivity contribution is 7.13. The molecule has 5 rings (SSSR count). The molecule has 0 spiro atoms. The molecule has 3 aromatic heterocycles. The summed E-state index contributed by atoms with van der Waals surface area (Å²) in [4.78, 5) is 17.2. The maximum absolute atomic E-state index is 13.2. The first kappa shape index (κ1) is 18.8. The maximum Gasteiger partial charge on any atom is 0.345 e. The van der Waals surface area contributed by atoms with Gasteiger partial charge in [0.15, 0.2) is 0 Å². The summed E-state index contributed by atoms with van der Waals surface area (Å²) in [5.74, 6) is -0.300. The van der Waals surface area contributed by atoms with E-state index in [0.29, 0.717) is 27.4 Å². The lowest BCUT2D eigenvalue weighted by Gasteiger charge is -2.16. The minimum absolute atomic E-state index is 0.0731. The van der Waals surface area contributed by atoms with E-state index in [0.717, 1.165) is 21.9 Å². The highest BCUT2D eigenvalue weighted by Gasteiger charge is 2.21. The lowest BCUT2D eigenvalue weighted by molar-refractivity contribution is 0.554. The first-order valence-electron chi connectivity index (χ1n) is 9.51. The van der Waals surface area contributed by atoms with Gasteiger partial charge >= 0.3 is 5.63 Å². The summed E-state index contributed by atoms with van der Waals surface area (Å²) in [5.41, 5.74) is 3.46. The smallest absolute Gasteiger partial charge is 0.345 e. The molecule has 0 radical (unpaired) electrons. The fourth-order valence-corrected chi connectivity index (χ4v) is 4.35. The van der Waals surface area contributed by atoms with Gasteiger partial charge in [-0.1, -0.05) is 20.8 Å². The summed E-state index contributed by atoms with van der Waals surface area (Å²) in [6, 6.07) is 11.7. The van der Waals surface area contributed by atoms with Gasteiger partial charge in [-0.2, -0.15) is 0 Å². The van der Waals surface area contributed by atoms with Crippen LogP contribution in [0.15, 0.2) is 67.7 Å². The number of fused-ring (bicyclic) bond motifs is 2. The van der Waals surface area contributed by atoms with Crippen molar-refractivity contribution in [3.05, 3.63) is 75.9 Å². The molecule has 0 unspecified atom stereocenters. The molecule has 0 bridgehead atoms. The molecule has 150 valence electrons. The molecule has 0 aliphatic rings. The number of rotatable bonds is 2. The molecule has 6 heteroatoms. The Labute approximate surface area is 175 Å². The minimum Gasteiger partial charge on any atom is -0.464 e. The Balaban J connectivity index is 1.64. The van der Waals surface area contributed by atoms with Crippen molar-refractivity contribution in [2.24, 2.45) is 0 Å². The van der Waals surface area contributed by atoms with E-state index >= 15 is 0 Å². The van der Waals surface area contributed by atoms with E-state index in [-0.39, 0.29) is 11.2 Å². The summed E-state index contributed by atoms with van der Waals surface area (Å²) in [6.07, 6.45) is 1.76. The number of furan rings is 1. The summed E-state index contributed by atoms with van der Waals surface area (Å²) < 4.78 is 24.5. The summed E-state index contributed by atoms with van der Waals surface area (Å²) >= 11 is 1.40. The molecule has 3 heterocycles. The van der Waals surface area contributed by atoms with Gasteiger partial charge in [-0.15, -0.1) is 11.3 Å². The number of benzene rings is 2. The second kappa shape index (κ2) is 6.64. The summed E-state index contributed by atoms with van der Waals surface area (Å²) in [5, 5.41) is 4.33. The Morgan fingerprint density at radius 2 is 1.80 bits per heavy atom. The normalized spacial score (nSPS) is 12.1. The van der Waals surface area contributed by atoms with Gasteiger partial charge in [0, 0.05) is 33.3 Å². The van der Waals surface area contributed by atoms with Crippen LogP contribution in [-0.4, -0.2) is 4.98 Å². The number of aromatic nitrogens is 1. The van der Waals surface area contributed by atoms with Gasteiger partial charge in [-0.3, -0.25) is 0 Å². The zero-order valence-corrected chi connectivity index (χ0v) is 17.5. The van der Waals surface area contributed by atoms with E-state index < -0.39 is 5.63 Å².